The molecule has 0 aliphatic carbocycles. The Morgan fingerprint density at radius 2 is 1.57 bits per heavy atom. The molecule has 0 spiro atoms. The highest BCUT2D eigenvalue weighted by Crippen LogP contribution is 2.27. The number of ketones is 1. The van der Waals surface area contributed by atoms with Gasteiger partial charge in [0.05, 0.1) is 12.3 Å². The third-order valence-corrected chi connectivity index (χ3v) is 6.68. The number of carbonyl (C=O) groups excluding carboxylic acids is 2. The number of hydrogen-bond acceptors (Lipinski definition) is 7. The molecule has 1 unspecified atom stereocenters. The number of Topliss-reactive ketones (excluding diaryl/α,β-unsaturated/α-hetero) is 1. The summed E-state index contributed by atoms with van der Waals surface area (Å²) in [7, 11) is 0. The van der Waals surface area contributed by atoms with Gasteiger partial charge in [-0.1, -0.05) is 36.1 Å². The normalized spacial score (nSPS) is 16.9. The summed E-state index contributed by atoms with van der Waals surface area (Å²) in [5.41, 5.74) is 4.11. The summed E-state index contributed by atoms with van der Waals surface area (Å²) in [4.78, 5) is 31.4. The van der Waals surface area contributed by atoms with Gasteiger partial charge in [0.25, 0.3) is 0 Å². The Morgan fingerprint density at radius 1 is 0.946 bits per heavy atom. The minimum atomic E-state index is -0.432. The molecule has 37 heavy (non-hydrogen) atoms. The Morgan fingerprint density at radius 3 is 2.16 bits per heavy atom. The summed E-state index contributed by atoms with van der Waals surface area (Å²) >= 11 is 0. The Hall–Kier alpha value is -3.77. The predicted molar refractivity (Wildman–Crippen MR) is 140 cm³/mol. The lowest BCUT2D eigenvalue weighted by atomic mass is 9.93. The SMILES string of the molecule is O=C1CC=NC(CC(CO)c2ccc(C#Cc3ccc(CN4CCN(C(=O)CO)CC4)cc3)cc2)=C1O. The van der Waals surface area contributed by atoms with Crippen molar-refractivity contribution in [1.82, 2.24) is 9.80 Å². The molecule has 192 valence electrons. The summed E-state index contributed by atoms with van der Waals surface area (Å²) < 4.78 is 0. The van der Waals surface area contributed by atoms with Gasteiger partial charge in [-0.05, 0) is 35.4 Å². The molecule has 1 atom stereocenters. The molecule has 1 amide bonds. The second-order valence-corrected chi connectivity index (χ2v) is 9.20. The van der Waals surface area contributed by atoms with Crippen molar-refractivity contribution in [2.45, 2.75) is 25.3 Å². The molecule has 2 aromatic rings. The third kappa shape index (κ3) is 6.92. The molecule has 0 aromatic heterocycles. The second-order valence-electron chi connectivity index (χ2n) is 9.20. The van der Waals surface area contributed by atoms with Gasteiger partial charge in [0.15, 0.2) is 5.76 Å². The first-order valence-electron chi connectivity index (χ1n) is 12.4. The summed E-state index contributed by atoms with van der Waals surface area (Å²) in [6.07, 6.45) is 1.86. The van der Waals surface area contributed by atoms with Crippen LogP contribution in [-0.2, 0) is 16.1 Å². The first kappa shape index (κ1) is 26.3. The van der Waals surface area contributed by atoms with Crippen LogP contribution < -0.4 is 0 Å². The monoisotopic (exact) mass is 501 g/mol. The molecule has 2 heterocycles. The van der Waals surface area contributed by atoms with Gasteiger partial charge >= 0.3 is 0 Å². The van der Waals surface area contributed by atoms with Crippen LogP contribution in [0.1, 0.15) is 41.0 Å². The van der Waals surface area contributed by atoms with Gasteiger partial charge in [-0.3, -0.25) is 19.5 Å². The number of piperazine rings is 1. The molecule has 4 rings (SSSR count). The highest BCUT2D eigenvalue weighted by molar-refractivity contribution is 6.04. The van der Waals surface area contributed by atoms with Gasteiger partial charge < -0.3 is 20.2 Å². The van der Waals surface area contributed by atoms with E-state index in [0.717, 1.165) is 36.3 Å². The Bertz CT molecular complexity index is 1230. The van der Waals surface area contributed by atoms with Crippen molar-refractivity contribution >= 4 is 17.9 Å². The maximum absolute atomic E-state index is 11.7. The zero-order valence-corrected chi connectivity index (χ0v) is 20.6. The lowest BCUT2D eigenvalue weighted by Gasteiger charge is -2.34. The molecule has 3 N–H and O–H groups in total. The number of nitrogens with zero attached hydrogens (tertiary/aromatic N) is 3. The molecular formula is C29H31N3O5. The van der Waals surface area contributed by atoms with Crippen LogP contribution in [0, 0.1) is 11.8 Å². The van der Waals surface area contributed by atoms with E-state index in [2.05, 4.69) is 33.9 Å². The zero-order chi connectivity index (χ0) is 26.2. The predicted octanol–water partition coefficient (Wildman–Crippen LogP) is 2.00. The van der Waals surface area contributed by atoms with Crippen LogP contribution >= 0.6 is 0 Å². The number of aliphatic hydroxyl groups excluding tert-OH is 3. The topological polar surface area (TPSA) is 114 Å². The first-order valence-corrected chi connectivity index (χ1v) is 12.4. The highest BCUT2D eigenvalue weighted by atomic mass is 16.3. The molecular weight excluding hydrogens is 470 g/mol. The van der Waals surface area contributed by atoms with Crippen LogP contribution in [-0.4, -0.2) is 82.4 Å². The van der Waals surface area contributed by atoms with E-state index in [1.807, 2.05) is 36.4 Å². The van der Waals surface area contributed by atoms with E-state index >= 15 is 0 Å². The second kappa shape index (κ2) is 12.5. The smallest absolute Gasteiger partial charge is 0.248 e. The van der Waals surface area contributed by atoms with Crippen molar-refractivity contribution in [2.24, 2.45) is 4.99 Å². The van der Waals surface area contributed by atoms with Crippen molar-refractivity contribution in [3.63, 3.8) is 0 Å². The summed E-state index contributed by atoms with van der Waals surface area (Å²) in [5.74, 6) is 5.18. The molecule has 2 aliphatic heterocycles. The van der Waals surface area contributed by atoms with E-state index < -0.39 is 6.61 Å². The molecule has 0 saturated carbocycles. The molecule has 2 aromatic carbocycles. The van der Waals surface area contributed by atoms with Crippen LogP contribution in [0.25, 0.3) is 0 Å². The average molecular weight is 502 g/mol. The first-order chi connectivity index (χ1) is 18.0. The van der Waals surface area contributed by atoms with Crippen LogP contribution in [0.4, 0.5) is 0 Å². The number of aliphatic hydroxyl groups is 3. The minimum absolute atomic E-state index is 0.0990. The van der Waals surface area contributed by atoms with Crippen molar-refractivity contribution in [2.75, 3.05) is 39.4 Å². The van der Waals surface area contributed by atoms with Crippen molar-refractivity contribution in [3.05, 3.63) is 82.2 Å². The van der Waals surface area contributed by atoms with Gasteiger partial charge in [-0.25, -0.2) is 0 Å². The molecule has 1 fully saturated rings. The van der Waals surface area contributed by atoms with E-state index in [1.54, 1.807) is 4.90 Å². The third-order valence-electron chi connectivity index (χ3n) is 6.68. The fourth-order valence-electron chi connectivity index (χ4n) is 4.42. The van der Waals surface area contributed by atoms with E-state index in [1.165, 1.54) is 11.8 Å². The van der Waals surface area contributed by atoms with Crippen LogP contribution in [0.3, 0.4) is 0 Å². The number of hydrogen-bond donors (Lipinski definition) is 3. The maximum atomic E-state index is 11.7. The standard InChI is InChI=1S/C29H31N3O5/c33-19-25(17-26-29(37)27(35)11-12-30-26)24-9-7-22(8-10-24)2-1-21-3-5-23(6-4-21)18-31-13-15-32(16-14-31)28(36)20-34/h3-10,12,25,33-34,37H,11,13-20H2. The molecule has 8 heteroatoms. The van der Waals surface area contributed by atoms with Crippen molar-refractivity contribution in [3.8, 4) is 11.8 Å². The number of aliphatic imine (C=N–C) groups is 1. The number of carbonyl (C=O) groups is 2. The number of benzene rings is 2. The van der Waals surface area contributed by atoms with Gasteiger partial charge in [-0.15, -0.1) is 0 Å². The maximum Gasteiger partial charge on any atom is 0.248 e. The summed E-state index contributed by atoms with van der Waals surface area (Å²) in [6, 6.07) is 15.7. The molecule has 0 bridgehead atoms. The average Bonchev–Trinajstić information content (AvgIpc) is 2.94. The fourth-order valence-corrected chi connectivity index (χ4v) is 4.42. The Kier molecular flexibility index (Phi) is 8.86. The summed E-state index contributed by atoms with van der Waals surface area (Å²) in [5, 5.41) is 28.8. The van der Waals surface area contributed by atoms with E-state index in [4.69, 9.17) is 5.11 Å². The molecule has 8 nitrogen and oxygen atoms in total. The fraction of sp³-hybridized carbons (Fsp3) is 0.345. The van der Waals surface area contributed by atoms with Crippen LogP contribution in [0.15, 0.2) is 65.0 Å². The molecule has 2 aliphatic rings. The number of rotatable bonds is 7. The minimum Gasteiger partial charge on any atom is -0.503 e. The lowest BCUT2D eigenvalue weighted by Crippen LogP contribution is -2.49. The number of amides is 1. The Balaban J connectivity index is 1.32. The van der Waals surface area contributed by atoms with Gasteiger partial charge in [-0.2, -0.15) is 0 Å². The zero-order valence-electron chi connectivity index (χ0n) is 20.6. The Labute approximate surface area is 216 Å². The molecule has 0 radical (unpaired) electrons. The van der Waals surface area contributed by atoms with Crippen LogP contribution in [0.5, 0.6) is 0 Å². The van der Waals surface area contributed by atoms with Gasteiger partial charge in [0, 0.05) is 68.8 Å². The van der Waals surface area contributed by atoms with Crippen molar-refractivity contribution < 1.29 is 24.9 Å². The lowest BCUT2D eigenvalue weighted by molar-refractivity contribution is -0.136. The highest BCUT2D eigenvalue weighted by Gasteiger charge is 2.22. The van der Waals surface area contributed by atoms with E-state index in [9.17, 15) is 19.8 Å². The quantitative estimate of drug-likeness (QED) is 0.500. The van der Waals surface area contributed by atoms with Gasteiger partial charge in [0.2, 0.25) is 11.7 Å². The van der Waals surface area contributed by atoms with Crippen LogP contribution in [0.2, 0.25) is 0 Å². The number of allylic oxidation sites excluding steroid dienone is 2. The summed E-state index contributed by atoms with van der Waals surface area (Å²) in [6.45, 7) is 3.07. The largest absolute Gasteiger partial charge is 0.503 e. The van der Waals surface area contributed by atoms with E-state index in [-0.39, 0.29) is 42.8 Å². The molecule has 1 saturated heterocycles. The van der Waals surface area contributed by atoms with E-state index in [0.29, 0.717) is 18.8 Å². The van der Waals surface area contributed by atoms with Gasteiger partial charge in [0.1, 0.15) is 6.61 Å². The van der Waals surface area contributed by atoms with Crippen molar-refractivity contribution in [1.29, 1.82) is 0 Å².